The SMILES string of the molecule is COc1ccccc1CNC(=O)c1ccc(Nc2cc(C)ccc2OC)nn1. The minimum absolute atomic E-state index is 0.233. The molecule has 0 aliphatic heterocycles. The first-order chi connectivity index (χ1) is 13.6. The molecule has 1 aromatic heterocycles. The van der Waals surface area contributed by atoms with Crippen molar-refractivity contribution in [3.63, 3.8) is 0 Å². The minimum atomic E-state index is -0.307. The molecule has 0 bridgehead atoms. The van der Waals surface area contributed by atoms with Crippen LogP contribution in [0.1, 0.15) is 21.6 Å². The van der Waals surface area contributed by atoms with Gasteiger partial charge in [0.05, 0.1) is 19.9 Å². The summed E-state index contributed by atoms with van der Waals surface area (Å²) in [6.45, 7) is 2.33. The lowest BCUT2D eigenvalue weighted by Crippen LogP contribution is -2.24. The summed E-state index contributed by atoms with van der Waals surface area (Å²) in [6, 6.07) is 16.6. The number of benzene rings is 2. The third-order valence-corrected chi connectivity index (χ3v) is 4.15. The number of methoxy groups -OCH3 is 2. The third kappa shape index (κ3) is 4.56. The molecule has 2 aromatic carbocycles. The molecule has 7 nitrogen and oxygen atoms in total. The largest absolute Gasteiger partial charge is 0.496 e. The van der Waals surface area contributed by atoms with E-state index in [1.54, 1.807) is 26.4 Å². The van der Waals surface area contributed by atoms with E-state index in [1.165, 1.54) is 0 Å². The van der Waals surface area contributed by atoms with Gasteiger partial charge >= 0.3 is 0 Å². The fourth-order valence-electron chi connectivity index (χ4n) is 2.69. The van der Waals surface area contributed by atoms with Crippen molar-refractivity contribution in [1.82, 2.24) is 15.5 Å². The molecule has 0 aliphatic rings. The van der Waals surface area contributed by atoms with Gasteiger partial charge < -0.3 is 20.1 Å². The van der Waals surface area contributed by atoms with Crippen molar-refractivity contribution < 1.29 is 14.3 Å². The first-order valence-corrected chi connectivity index (χ1v) is 8.76. The summed E-state index contributed by atoms with van der Waals surface area (Å²) in [5.74, 6) is 1.63. The van der Waals surface area contributed by atoms with E-state index < -0.39 is 0 Å². The molecule has 0 fully saturated rings. The Labute approximate surface area is 163 Å². The number of para-hydroxylation sites is 1. The standard InChI is InChI=1S/C21H22N4O3/c1-14-8-10-19(28-3)17(12-14)23-20-11-9-16(24-25-20)21(26)22-13-15-6-4-5-7-18(15)27-2/h4-12H,13H2,1-3H3,(H,22,26)(H,23,25). The second-order valence-electron chi connectivity index (χ2n) is 6.13. The Morgan fingerprint density at radius 2 is 1.75 bits per heavy atom. The number of hydrogen-bond donors (Lipinski definition) is 2. The highest BCUT2D eigenvalue weighted by Gasteiger charge is 2.11. The van der Waals surface area contributed by atoms with Crippen LogP contribution in [0.3, 0.4) is 0 Å². The molecule has 2 N–H and O–H groups in total. The number of nitrogens with zero attached hydrogens (tertiary/aromatic N) is 2. The maximum absolute atomic E-state index is 12.3. The van der Waals surface area contributed by atoms with Gasteiger partial charge in [-0.05, 0) is 42.8 Å². The van der Waals surface area contributed by atoms with Crippen molar-refractivity contribution in [1.29, 1.82) is 0 Å². The first-order valence-electron chi connectivity index (χ1n) is 8.76. The van der Waals surface area contributed by atoms with E-state index in [0.717, 1.165) is 22.6 Å². The average molecular weight is 378 g/mol. The molecule has 1 heterocycles. The predicted octanol–water partition coefficient (Wildman–Crippen LogP) is 3.48. The van der Waals surface area contributed by atoms with E-state index in [2.05, 4.69) is 20.8 Å². The molecular weight excluding hydrogens is 356 g/mol. The smallest absolute Gasteiger partial charge is 0.272 e. The Bertz CT molecular complexity index is 958. The van der Waals surface area contributed by atoms with Crippen molar-refractivity contribution in [2.45, 2.75) is 13.5 Å². The summed E-state index contributed by atoms with van der Waals surface area (Å²) in [7, 11) is 3.21. The van der Waals surface area contributed by atoms with E-state index >= 15 is 0 Å². The number of ether oxygens (including phenoxy) is 2. The van der Waals surface area contributed by atoms with Gasteiger partial charge in [-0.2, -0.15) is 0 Å². The molecule has 28 heavy (non-hydrogen) atoms. The molecule has 0 radical (unpaired) electrons. The average Bonchev–Trinajstić information content (AvgIpc) is 2.73. The summed E-state index contributed by atoms with van der Waals surface area (Å²) >= 11 is 0. The van der Waals surface area contributed by atoms with Gasteiger partial charge in [-0.1, -0.05) is 24.3 Å². The molecule has 0 spiro atoms. The Balaban J connectivity index is 1.65. The zero-order chi connectivity index (χ0) is 19.9. The number of amides is 1. The number of aromatic nitrogens is 2. The molecule has 0 saturated carbocycles. The van der Waals surface area contributed by atoms with Gasteiger partial charge in [-0.15, -0.1) is 10.2 Å². The van der Waals surface area contributed by atoms with Crippen LogP contribution >= 0.6 is 0 Å². The van der Waals surface area contributed by atoms with Crippen LogP contribution in [0, 0.1) is 6.92 Å². The van der Waals surface area contributed by atoms with Crippen molar-refractivity contribution in [3.05, 3.63) is 71.4 Å². The third-order valence-electron chi connectivity index (χ3n) is 4.15. The topological polar surface area (TPSA) is 85.4 Å². The highest BCUT2D eigenvalue weighted by Crippen LogP contribution is 2.27. The fourth-order valence-corrected chi connectivity index (χ4v) is 2.69. The van der Waals surface area contributed by atoms with Gasteiger partial charge in [0.15, 0.2) is 11.5 Å². The number of aryl methyl sites for hydroxylation is 1. The molecule has 3 rings (SSSR count). The van der Waals surface area contributed by atoms with Crippen LogP contribution in [0.5, 0.6) is 11.5 Å². The number of carbonyl (C=O) groups is 1. The molecular formula is C21H22N4O3. The Morgan fingerprint density at radius 1 is 0.964 bits per heavy atom. The second-order valence-corrected chi connectivity index (χ2v) is 6.13. The van der Waals surface area contributed by atoms with Crippen molar-refractivity contribution in [2.75, 3.05) is 19.5 Å². The van der Waals surface area contributed by atoms with Crippen LogP contribution < -0.4 is 20.1 Å². The van der Waals surface area contributed by atoms with Crippen molar-refractivity contribution in [2.24, 2.45) is 0 Å². The quantitative estimate of drug-likeness (QED) is 0.655. The lowest BCUT2D eigenvalue weighted by molar-refractivity contribution is 0.0944. The first kappa shape index (κ1) is 19.2. The highest BCUT2D eigenvalue weighted by atomic mass is 16.5. The summed E-state index contributed by atoms with van der Waals surface area (Å²) in [5.41, 5.74) is 2.99. The molecule has 0 unspecified atom stereocenters. The van der Waals surface area contributed by atoms with Gasteiger partial charge in [0, 0.05) is 12.1 Å². The summed E-state index contributed by atoms with van der Waals surface area (Å²) < 4.78 is 10.6. The predicted molar refractivity (Wildman–Crippen MR) is 107 cm³/mol. The van der Waals surface area contributed by atoms with E-state index in [0.29, 0.717) is 18.1 Å². The number of carbonyl (C=O) groups excluding carboxylic acids is 1. The summed E-state index contributed by atoms with van der Waals surface area (Å²) in [5, 5.41) is 14.1. The van der Waals surface area contributed by atoms with Gasteiger partial charge in [0.1, 0.15) is 11.5 Å². The lowest BCUT2D eigenvalue weighted by Gasteiger charge is -2.11. The van der Waals surface area contributed by atoms with Crippen molar-refractivity contribution in [3.8, 4) is 11.5 Å². The van der Waals surface area contributed by atoms with E-state index in [4.69, 9.17) is 9.47 Å². The lowest BCUT2D eigenvalue weighted by atomic mass is 10.2. The highest BCUT2D eigenvalue weighted by molar-refractivity contribution is 5.92. The number of nitrogens with one attached hydrogen (secondary N) is 2. The van der Waals surface area contributed by atoms with E-state index in [-0.39, 0.29) is 11.6 Å². The van der Waals surface area contributed by atoms with Gasteiger partial charge in [0.2, 0.25) is 0 Å². The van der Waals surface area contributed by atoms with E-state index in [9.17, 15) is 4.79 Å². The fraction of sp³-hybridized carbons (Fsp3) is 0.190. The van der Waals surface area contributed by atoms with Crippen LogP contribution in [-0.4, -0.2) is 30.3 Å². The van der Waals surface area contributed by atoms with Crippen LogP contribution in [0.25, 0.3) is 0 Å². The Kier molecular flexibility index (Phi) is 6.06. The van der Waals surface area contributed by atoms with E-state index in [1.807, 2.05) is 49.4 Å². The molecule has 0 atom stereocenters. The van der Waals surface area contributed by atoms with Crippen LogP contribution in [0.4, 0.5) is 11.5 Å². The van der Waals surface area contributed by atoms with Gasteiger partial charge in [-0.25, -0.2) is 0 Å². The Hall–Kier alpha value is -3.61. The normalized spacial score (nSPS) is 10.2. The molecule has 3 aromatic rings. The maximum Gasteiger partial charge on any atom is 0.272 e. The monoisotopic (exact) mass is 378 g/mol. The zero-order valence-corrected chi connectivity index (χ0v) is 16.0. The number of hydrogen-bond acceptors (Lipinski definition) is 6. The summed E-state index contributed by atoms with van der Waals surface area (Å²) in [6.07, 6.45) is 0. The van der Waals surface area contributed by atoms with Gasteiger partial charge in [-0.3, -0.25) is 4.79 Å². The molecule has 0 saturated heterocycles. The molecule has 1 amide bonds. The zero-order valence-electron chi connectivity index (χ0n) is 16.0. The van der Waals surface area contributed by atoms with Crippen molar-refractivity contribution >= 4 is 17.4 Å². The molecule has 144 valence electrons. The van der Waals surface area contributed by atoms with Crippen LogP contribution in [-0.2, 0) is 6.54 Å². The maximum atomic E-state index is 12.3. The second kappa shape index (κ2) is 8.85. The van der Waals surface area contributed by atoms with Crippen LogP contribution in [0.2, 0.25) is 0 Å². The minimum Gasteiger partial charge on any atom is -0.496 e. The summed E-state index contributed by atoms with van der Waals surface area (Å²) in [4.78, 5) is 12.3. The molecule has 7 heteroatoms. The van der Waals surface area contributed by atoms with Gasteiger partial charge in [0.25, 0.3) is 5.91 Å². The van der Waals surface area contributed by atoms with Crippen LogP contribution in [0.15, 0.2) is 54.6 Å². The molecule has 0 aliphatic carbocycles. The number of rotatable bonds is 7. The Morgan fingerprint density at radius 3 is 2.46 bits per heavy atom. The number of anilines is 2.